The first kappa shape index (κ1) is 19.7. The molecule has 0 atom stereocenters. The lowest BCUT2D eigenvalue weighted by molar-refractivity contribution is -0.120. The molecule has 4 N–H and O–H groups in total. The van der Waals surface area contributed by atoms with Crippen molar-refractivity contribution < 1.29 is 13.2 Å². The summed E-state index contributed by atoms with van der Waals surface area (Å²) in [5, 5.41) is 3.21. The Morgan fingerprint density at radius 2 is 1.91 bits per heavy atom. The van der Waals surface area contributed by atoms with Gasteiger partial charge in [-0.25, -0.2) is 13.1 Å². The second-order valence-corrected chi connectivity index (χ2v) is 7.57. The summed E-state index contributed by atoms with van der Waals surface area (Å²) in [7, 11) is -3.70. The van der Waals surface area contributed by atoms with Gasteiger partial charge in [-0.15, -0.1) is 0 Å². The third kappa shape index (κ3) is 8.16. The molecule has 0 unspecified atom stereocenters. The van der Waals surface area contributed by atoms with E-state index in [1.165, 1.54) is 12.1 Å². The van der Waals surface area contributed by atoms with Gasteiger partial charge >= 0.3 is 0 Å². The van der Waals surface area contributed by atoms with Crippen LogP contribution in [-0.2, 0) is 14.8 Å². The Labute approximate surface area is 146 Å². The van der Waals surface area contributed by atoms with Gasteiger partial charge in [-0.3, -0.25) is 15.6 Å². The minimum absolute atomic E-state index is 0.103. The van der Waals surface area contributed by atoms with E-state index in [9.17, 15) is 13.2 Å². The van der Waals surface area contributed by atoms with Crippen molar-refractivity contribution in [3.8, 4) is 0 Å². The zero-order chi connectivity index (χ0) is 17.1. The molecule has 128 valence electrons. The third-order valence-corrected chi connectivity index (χ3v) is 4.96. The summed E-state index contributed by atoms with van der Waals surface area (Å²) >= 11 is 6.71. The molecule has 1 aromatic rings. The predicted molar refractivity (Wildman–Crippen MR) is 96.5 cm³/mol. The Morgan fingerprint density at radius 1 is 1.22 bits per heavy atom. The van der Waals surface area contributed by atoms with E-state index in [0.717, 1.165) is 12.2 Å². The number of nitrogens with one attached hydrogen (secondary N) is 4. The molecule has 0 spiro atoms. The normalized spacial score (nSPS) is 10.8. The molecule has 0 aromatic heterocycles. The number of hydrogen-bond donors (Lipinski definition) is 4. The fourth-order valence-electron chi connectivity index (χ4n) is 1.48. The molecule has 10 heteroatoms. The van der Waals surface area contributed by atoms with Crippen molar-refractivity contribution in [1.29, 1.82) is 0 Å². The van der Waals surface area contributed by atoms with Crippen LogP contribution in [0.1, 0.15) is 6.42 Å². The lowest BCUT2D eigenvalue weighted by Crippen LogP contribution is -2.49. The average molecular weight is 377 g/mol. The molecular formula is C13H20N4O3S3. The van der Waals surface area contributed by atoms with Crippen molar-refractivity contribution >= 4 is 45.0 Å². The van der Waals surface area contributed by atoms with E-state index < -0.39 is 15.9 Å². The molecule has 7 nitrogen and oxygen atoms in total. The van der Waals surface area contributed by atoms with Crippen LogP contribution in [0.15, 0.2) is 35.2 Å². The highest BCUT2D eigenvalue weighted by Crippen LogP contribution is 2.06. The van der Waals surface area contributed by atoms with E-state index in [4.69, 9.17) is 12.2 Å². The van der Waals surface area contributed by atoms with Crippen molar-refractivity contribution in [2.75, 3.05) is 25.1 Å². The molecule has 0 aliphatic rings. The number of sulfonamides is 1. The molecule has 1 rings (SSSR count). The molecule has 0 radical (unpaired) electrons. The van der Waals surface area contributed by atoms with Crippen molar-refractivity contribution in [3.05, 3.63) is 30.3 Å². The van der Waals surface area contributed by atoms with Gasteiger partial charge in [0.05, 0.1) is 11.4 Å². The van der Waals surface area contributed by atoms with Gasteiger partial charge < -0.3 is 5.32 Å². The third-order valence-electron chi connectivity index (χ3n) is 2.60. The lowest BCUT2D eigenvalue weighted by Gasteiger charge is -2.12. The molecule has 0 aliphatic carbocycles. The second-order valence-electron chi connectivity index (χ2n) is 4.41. The summed E-state index contributed by atoms with van der Waals surface area (Å²) in [5.41, 5.74) is 4.84. The van der Waals surface area contributed by atoms with Crippen LogP contribution in [0.3, 0.4) is 0 Å². The number of thioether (sulfide) groups is 1. The smallest absolute Gasteiger partial charge is 0.253 e. The van der Waals surface area contributed by atoms with E-state index in [2.05, 4.69) is 20.9 Å². The Bertz CT molecular complexity index is 608. The monoisotopic (exact) mass is 376 g/mol. The largest absolute Gasteiger partial charge is 0.361 e. The quantitative estimate of drug-likeness (QED) is 0.292. The molecule has 1 amide bonds. The molecule has 0 saturated heterocycles. The number of hydrazine groups is 1. The maximum atomic E-state index is 11.9. The average Bonchev–Trinajstić information content (AvgIpc) is 2.56. The van der Waals surface area contributed by atoms with Gasteiger partial charge in [0.15, 0.2) is 5.11 Å². The highest BCUT2D eigenvalue weighted by Gasteiger charge is 2.14. The van der Waals surface area contributed by atoms with Gasteiger partial charge in [0.1, 0.15) is 0 Å². The van der Waals surface area contributed by atoms with E-state index in [0.29, 0.717) is 6.54 Å². The number of benzene rings is 1. The Kier molecular flexibility index (Phi) is 8.92. The topological polar surface area (TPSA) is 99.3 Å². The number of hydrogen-bond acceptors (Lipinski definition) is 5. The number of carbonyl (C=O) groups is 1. The Hall–Kier alpha value is -1.36. The highest BCUT2D eigenvalue weighted by atomic mass is 32.2. The summed E-state index contributed by atoms with van der Waals surface area (Å²) in [6.45, 7) is 0.308. The van der Waals surface area contributed by atoms with E-state index in [1.807, 2.05) is 6.26 Å². The molecule has 1 aromatic carbocycles. The van der Waals surface area contributed by atoms with Gasteiger partial charge in [-0.05, 0) is 42.8 Å². The van der Waals surface area contributed by atoms with Crippen LogP contribution in [0.25, 0.3) is 0 Å². The molecule has 23 heavy (non-hydrogen) atoms. The summed E-state index contributed by atoms with van der Waals surface area (Å²) in [6.07, 6.45) is 2.97. The molecule has 0 heterocycles. The summed E-state index contributed by atoms with van der Waals surface area (Å²) in [4.78, 5) is 11.7. The Morgan fingerprint density at radius 3 is 2.57 bits per heavy atom. The summed E-state index contributed by atoms with van der Waals surface area (Å²) < 4.78 is 26.1. The fraction of sp³-hybridized carbons (Fsp3) is 0.385. The van der Waals surface area contributed by atoms with Gasteiger partial charge in [0.25, 0.3) is 5.91 Å². The fourth-order valence-corrected chi connectivity index (χ4v) is 3.07. The van der Waals surface area contributed by atoms with Crippen LogP contribution in [0.5, 0.6) is 0 Å². The lowest BCUT2D eigenvalue weighted by atomic mass is 10.4. The predicted octanol–water partition coefficient (Wildman–Crippen LogP) is 0.213. The number of amides is 1. The first-order valence-corrected chi connectivity index (χ1v) is 10.1. The van der Waals surface area contributed by atoms with E-state index >= 15 is 0 Å². The summed E-state index contributed by atoms with van der Waals surface area (Å²) in [5.74, 6) is 0.473. The van der Waals surface area contributed by atoms with Crippen molar-refractivity contribution in [2.45, 2.75) is 11.3 Å². The van der Waals surface area contributed by atoms with Crippen LogP contribution in [0.2, 0.25) is 0 Å². The minimum atomic E-state index is -3.70. The van der Waals surface area contributed by atoms with Gasteiger partial charge in [0, 0.05) is 6.54 Å². The maximum absolute atomic E-state index is 11.9. The Balaban J connectivity index is 2.28. The van der Waals surface area contributed by atoms with Crippen LogP contribution in [0, 0.1) is 0 Å². The zero-order valence-electron chi connectivity index (χ0n) is 12.7. The van der Waals surface area contributed by atoms with Gasteiger partial charge in [0.2, 0.25) is 10.0 Å². The van der Waals surface area contributed by atoms with Crippen LogP contribution >= 0.6 is 24.0 Å². The number of rotatable bonds is 8. The molecule has 0 aliphatic heterocycles. The van der Waals surface area contributed by atoms with Crippen LogP contribution in [0.4, 0.5) is 0 Å². The molecule has 0 bridgehead atoms. The van der Waals surface area contributed by atoms with Crippen molar-refractivity contribution in [1.82, 2.24) is 20.9 Å². The SMILES string of the molecule is CSCCCNC(=S)NNC(=O)CNS(=O)(=O)c1ccccc1. The minimum Gasteiger partial charge on any atom is -0.361 e. The molecular weight excluding hydrogens is 356 g/mol. The molecule has 0 saturated carbocycles. The number of thiocarbonyl (C=S) groups is 1. The van der Waals surface area contributed by atoms with E-state index in [-0.39, 0.29) is 16.6 Å². The van der Waals surface area contributed by atoms with Crippen molar-refractivity contribution in [2.24, 2.45) is 0 Å². The van der Waals surface area contributed by atoms with Crippen LogP contribution < -0.4 is 20.9 Å². The summed E-state index contributed by atoms with van der Waals surface area (Å²) in [6, 6.07) is 7.83. The van der Waals surface area contributed by atoms with Gasteiger partial charge in [-0.2, -0.15) is 11.8 Å². The second kappa shape index (κ2) is 10.4. The first-order valence-electron chi connectivity index (χ1n) is 6.82. The molecule has 0 fully saturated rings. The standard InChI is InChI=1S/C13H20N4O3S3/c1-22-9-5-8-14-13(21)17-16-12(18)10-15-23(19,20)11-6-3-2-4-7-11/h2-4,6-7,15H,5,8-10H2,1H3,(H,16,18)(H2,14,17,21). The van der Waals surface area contributed by atoms with E-state index in [1.54, 1.807) is 30.0 Å². The maximum Gasteiger partial charge on any atom is 0.253 e. The number of carbonyl (C=O) groups excluding carboxylic acids is 1. The first-order chi connectivity index (χ1) is 11.0. The van der Waals surface area contributed by atoms with Crippen molar-refractivity contribution in [3.63, 3.8) is 0 Å². The van der Waals surface area contributed by atoms with Crippen LogP contribution in [-0.4, -0.2) is 44.5 Å². The zero-order valence-corrected chi connectivity index (χ0v) is 15.1. The highest BCUT2D eigenvalue weighted by molar-refractivity contribution is 7.98. The van der Waals surface area contributed by atoms with Gasteiger partial charge in [-0.1, -0.05) is 18.2 Å².